The van der Waals surface area contributed by atoms with Crippen molar-refractivity contribution in [2.75, 3.05) is 31.3 Å². The third kappa shape index (κ3) is 5.68. The lowest BCUT2D eigenvalue weighted by atomic mass is 10.2. The highest BCUT2D eigenvalue weighted by atomic mass is 32.2. The van der Waals surface area contributed by atoms with Crippen molar-refractivity contribution < 1.29 is 22.4 Å². The Bertz CT molecular complexity index is 408. The summed E-state index contributed by atoms with van der Waals surface area (Å²) in [6.45, 7) is -0.363. The molecule has 2 rings (SSSR count). The van der Waals surface area contributed by atoms with E-state index in [1.165, 1.54) is 0 Å². The van der Waals surface area contributed by atoms with Crippen LogP contribution in [0.25, 0.3) is 0 Å². The normalized spacial score (nSPS) is 20.2. The van der Waals surface area contributed by atoms with Crippen LogP contribution in [0.3, 0.4) is 0 Å². The highest BCUT2D eigenvalue weighted by Gasteiger charge is 2.27. The minimum atomic E-state index is -4.30. The summed E-state index contributed by atoms with van der Waals surface area (Å²) in [5.74, 6) is 2.98. The number of nitrogens with zero attached hydrogens (tertiary/aromatic N) is 2. The van der Waals surface area contributed by atoms with Gasteiger partial charge >= 0.3 is 6.18 Å². The van der Waals surface area contributed by atoms with Gasteiger partial charge in [0.05, 0.1) is 6.61 Å². The van der Waals surface area contributed by atoms with Crippen molar-refractivity contribution in [3.8, 4) is 0 Å². The number of alkyl halides is 3. The van der Waals surface area contributed by atoms with E-state index in [1.807, 2.05) is 11.8 Å². The molecule has 1 aromatic rings. The number of halogens is 3. The summed E-state index contributed by atoms with van der Waals surface area (Å²) >= 11 is 1.87. The van der Waals surface area contributed by atoms with E-state index in [9.17, 15) is 13.2 Å². The Morgan fingerprint density at radius 1 is 1.45 bits per heavy atom. The summed E-state index contributed by atoms with van der Waals surface area (Å²) in [5.41, 5.74) is 0. The lowest BCUT2D eigenvalue weighted by molar-refractivity contribution is -0.173. The van der Waals surface area contributed by atoms with E-state index in [0.717, 1.165) is 18.1 Å². The van der Waals surface area contributed by atoms with Crippen molar-refractivity contribution >= 4 is 11.8 Å². The topological polar surface area (TPSA) is 60.2 Å². The summed E-state index contributed by atoms with van der Waals surface area (Å²) < 4.78 is 45.2. The van der Waals surface area contributed by atoms with Gasteiger partial charge < -0.3 is 14.6 Å². The fraction of sp³-hybridized carbons (Fsp3) is 0.818. The predicted octanol–water partition coefficient (Wildman–Crippen LogP) is 1.44. The fourth-order valence-electron chi connectivity index (χ4n) is 1.79. The standard InChI is InChI=1S/C11H16F3N3O2S/c12-11(13,14)7-18-3-1-9-16-10(19-17-9)5-8-6-20-4-2-15-8/h8,15H,1-7H2. The molecule has 1 fully saturated rings. The Kier molecular flexibility index (Phi) is 5.67. The van der Waals surface area contributed by atoms with Gasteiger partial charge in [-0.15, -0.1) is 0 Å². The number of hydrogen-bond donors (Lipinski definition) is 1. The van der Waals surface area contributed by atoms with Crippen LogP contribution in [0.2, 0.25) is 0 Å². The van der Waals surface area contributed by atoms with Crippen LogP contribution in [-0.4, -0.2) is 53.6 Å². The van der Waals surface area contributed by atoms with Crippen molar-refractivity contribution in [3.63, 3.8) is 0 Å². The van der Waals surface area contributed by atoms with Crippen LogP contribution in [0.15, 0.2) is 4.52 Å². The number of ether oxygens (including phenoxy) is 1. The second-order valence-corrected chi connectivity index (χ2v) is 5.60. The molecule has 0 bridgehead atoms. The van der Waals surface area contributed by atoms with Gasteiger partial charge in [0, 0.05) is 36.9 Å². The van der Waals surface area contributed by atoms with Crippen molar-refractivity contribution in [3.05, 3.63) is 11.7 Å². The maximum absolute atomic E-state index is 11.9. The summed E-state index contributed by atoms with van der Waals surface area (Å²) in [5, 5.41) is 7.08. The molecule has 1 saturated heterocycles. The van der Waals surface area contributed by atoms with Gasteiger partial charge in [0.25, 0.3) is 0 Å². The first-order chi connectivity index (χ1) is 9.53. The Morgan fingerprint density at radius 3 is 3.00 bits per heavy atom. The van der Waals surface area contributed by atoms with Gasteiger partial charge in [-0.25, -0.2) is 0 Å². The molecule has 0 amide bonds. The van der Waals surface area contributed by atoms with E-state index >= 15 is 0 Å². The lowest BCUT2D eigenvalue weighted by Gasteiger charge is -2.21. The van der Waals surface area contributed by atoms with Gasteiger partial charge in [0.2, 0.25) is 5.89 Å². The van der Waals surface area contributed by atoms with E-state index in [-0.39, 0.29) is 13.0 Å². The van der Waals surface area contributed by atoms with E-state index in [2.05, 4.69) is 20.2 Å². The zero-order valence-corrected chi connectivity index (χ0v) is 11.6. The van der Waals surface area contributed by atoms with Gasteiger partial charge in [0.15, 0.2) is 5.82 Å². The smallest absolute Gasteiger partial charge is 0.372 e. The molecule has 114 valence electrons. The van der Waals surface area contributed by atoms with Crippen molar-refractivity contribution in [1.82, 2.24) is 15.5 Å². The summed E-state index contributed by atoms with van der Waals surface area (Å²) in [6.07, 6.45) is -3.44. The highest BCUT2D eigenvalue weighted by Crippen LogP contribution is 2.15. The van der Waals surface area contributed by atoms with Gasteiger partial charge in [0.1, 0.15) is 6.61 Å². The van der Waals surface area contributed by atoms with E-state index in [4.69, 9.17) is 4.52 Å². The molecule has 0 radical (unpaired) electrons. The number of hydrogen-bond acceptors (Lipinski definition) is 6. The van der Waals surface area contributed by atoms with Crippen LogP contribution < -0.4 is 5.32 Å². The zero-order chi connectivity index (χ0) is 14.4. The third-order valence-electron chi connectivity index (χ3n) is 2.67. The Morgan fingerprint density at radius 2 is 2.30 bits per heavy atom. The van der Waals surface area contributed by atoms with Crippen LogP contribution in [0, 0.1) is 0 Å². The Labute approximate surface area is 118 Å². The monoisotopic (exact) mass is 311 g/mol. The summed E-state index contributed by atoms with van der Waals surface area (Å²) in [7, 11) is 0. The Balaban J connectivity index is 1.69. The van der Waals surface area contributed by atoms with Gasteiger partial charge in [-0.05, 0) is 0 Å². The van der Waals surface area contributed by atoms with Crippen LogP contribution in [0.5, 0.6) is 0 Å². The number of thioether (sulfide) groups is 1. The number of aromatic nitrogens is 2. The molecule has 0 aliphatic carbocycles. The lowest BCUT2D eigenvalue weighted by Crippen LogP contribution is -2.38. The van der Waals surface area contributed by atoms with Crippen LogP contribution in [0.4, 0.5) is 13.2 Å². The molecule has 1 unspecified atom stereocenters. The molecule has 2 heterocycles. The maximum Gasteiger partial charge on any atom is 0.411 e. The van der Waals surface area contributed by atoms with Crippen molar-refractivity contribution in [2.24, 2.45) is 0 Å². The number of nitrogens with one attached hydrogen (secondary N) is 1. The molecule has 1 atom stereocenters. The molecule has 1 aromatic heterocycles. The van der Waals surface area contributed by atoms with Gasteiger partial charge in [-0.3, -0.25) is 0 Å². The molecule has 0 spiro atoms. The second-order valence-electron chi connectivity index (χ2n) is 4.45. The molecule has 5 nitrogen and oxygen atoms in total. The van der Waals surface area contributed by atoms with E-state index in [1.54, 1.807) is 0 Å². The summed E-state index contributed by atoms with van der Waals surface area (Å²) in [4.78, 5) is 4.15. The summed E-state index contributed by atoms with van der Waals surface area (Å²) in [6, 6.07) is 0.309. The third-order valence-corrected chi connectivity index (χ3v) is 3.80. The predicted molar refractivity (Wildman–Crippen MR) is 67.7 cm³/mol. The molecule has 9 heteroatoms. The van der Waals surface area contributed by atoms with Crippen LogP contribution in [0.1, 0.15) is 11.7 Å². The van der Waals surface area contributed by atoms with Crippen molar-refractivity contribution in [1.29, 1.82) is 0 Å². The minimum Gasteiger partial charge on any atom is -0.372 e. The van der Waals surface area contributed by atoms with Crippen molar-refractivity contribution in [2.45, 2.75) is 25.1 Å². The van der Waals surface area contributed by atoms with Crippen LogP contribution in [-0.2, 0) is 17.6 Å². The quantitative estimate of drug-likeness (QED) is 0.802. The molecule has 0 aromatic carbocycles. The first kappa shape index (κ1) is 15.6. The average Bonchev–Trinajstić information content (AvgIpc) is 2.82. The maximum atomic E-state index is 11.9. The molecular weight excluding hydrogens is 295 g/mol. The molecule has 20 heavy (non-hydrogen) atoms. The van der Waals surface area contributed by atoms with E-state index < -0.39 is 12.8 Å². The first-order valence-corrected chi connectivity index (χ1v) is 7.45. The van der Waals surface area contributed by atoms with Crippen LogP contribution >= 0.6 is 11.8 Å². The SMILES string of the molecule is FC(F)(F)COCCc1noc(CC2CSCCN2)n1. The average molecular weight is 311 g/mol. The molecule has 1 aliphatic rings. The van der Waals surface area contributed by atoms with Gasteiger partial charge in [-0.1, -0.05) is 5.16 Å². The number of rotatable bonds is 6. The molecule has 0 saturated carbocycles. The zero-order valence-electron chi connectivity index (χ0n) is 10.8. The second kappa shape index (κ2) is 7.28. The minimum absolute atomic E-state index is 0.0734. The largest absolute Gasteiger partial charge is 0.411 e. The fourth-order valence-corrected chi connectivity index (χ4v) is 2.74. The first-order valence-electron chi connectivity index (χ1n) is 6.30. The van der Waals surface area contributed by atoms with E-state index in [0.29, 0.717) is 24.2 Å². The molecule has 1 aliphatic heterocycles. The Hall–Kier alpha value is -0.800. The molecule has 1 N–H and O–H groups in total. The highest BCUT2D eigenvalue weighted by molar-refractivity contribution is 7.99. The van der Waals surface area contributed by atoms with Gasteiger partial charge in [-0.2, -0.15) is 29.9 Å². The molecular formula is C11H16F3N3O2S.